The van der Waals surface area contributed by atoms with Gasteiger partial charge in [0.15, 0.2) is 0 Å². The minimum atomic E-state index is 0.0390. The summed E-state index contributed by atoms with van der Waals surface area (Å²) in [5, 5.41) is 0. The van der Waals surface area contributed by atoms with E-state index in [1.165, 1.54) is 0 Å². The Morgan fingerprint density at radius 3 is 2.46 bits per heavy atom. The average molecular weight is 183 g/mol. The number of hydrogen-bond donors (Lipinski definition) is 0. The molecule has 1 saturated heterocycles. The van der Waals surface area contributed by atoms with Crippen molar-refractivity contribution < 1.29 is 9.53 Å². The molecule has 0 spiro atoms. The zero-order valence-corrected chi connectivity index (χ0v) is 8.21. The molecule has 0 aromatic carbocycles. The van der Waals surface area contributed by atoms with Crippen molar-refractivity contribution in [2.75, 3.05) is 32.8 Å². The van der Waals surface area contributed by atoms with Gasteiger partial charge in [0.25, 0.3) is 0 Å². The van der Waals surface area contributed by atoms with Crippen LogP contribution in [0.3, 0.4) is 0 Å². The number of nitrogens with zero attached hydrogens (tertiary/aromatic N) is 1. The minimum Gasteiger partial charge on any atom is -0.379 e. The molecule has 0 atom stereocenters. The normalized spacial score (nSPS) is 27.2. The number of ether oxygens (including phenoxy) is 1. The van der Waals surface area contributed by atoms with Crippen molar-refractivity contribution in [2.24, 2.45) is 5.41 Å². The van der Waals surface area contributed by atoms with Gasteiger partial charge in [-0.2, -0.15) is 0 Å². The monoisotopic (exact) mass is 183 g/mol. The molecular weight excluding hydrogens is 166 g/mol. The number of ketones is 1. The van der Waals surface area contributed by atoms with Gasteiger partial charge >= 0.3 is 0 Å². The first-order valence-corrected chi connectivity index (χ1v) is 5.04. The van der Waals surface area contributed by atoms with Gasteiger partial charge in [-0.05, 0) is 19.8 Å². The molecule has 1 aliphatic heterocycles. The lowest BCUT2D eigenvalue weighted by Crippen LogP contribution is -2.41. The largest absolute Gasteiger partial charge is 0.379 e. The van der Waals surface area contributed by atoms with Crippen LogP contribution in [0.15, 0.2) is 0 Å². The Kier molecular flexibility index (Phi) is 2.39. The van der Waals surface area contributed by atoms with Crippen molar-refractivity contribution >= 4 is 5.78 Å². The zero-order valence-electron chi connectivity index (χ0n) is 8.21. The first kappa shape index (κ1) is 9.16. The SMILES string of the molecule is CC(=O)C1(CN2CCOCC2)CC1. The molecule has 1 saturated carbocycles. The smallest absolute Gasteiger partial charge is 0.137 e. The molecule has 3 heteroatoms. The molecular formula is C10H17NO2. The van der Waals surface area contributed by atoms with Gasteiger partial charge in [0, 0.05) is 25.0 Å². The third kappa shape index (κ3) is 1.92. The van der Waals surface area contributed by atoms with E-state index in [2.05, 4.69) is 4.90 Å². The van der Waals surface area contributed by atoms with Crippen molar-refractivity contribution in [3.63, 3.8) is 0 Å². The summed E-state index contributed by atoms with van der Waals surface area (Å²) >= 11 is 0. The van der Waals surface area contributed by atoms with E-state index in [-0.39, 0.29) is 5.41 Å². The highest BCUT2D eigenvalue weighted by Crippen LogP contribution is 2.47. The number of morpholine rings is 1. The van der Waals surface area contributed by atoms with Crippen molar-refractivity contribution in [3.8, 4) is 0 Å². The van der Waals surface area contributed by atoms with Gasteiger partial charge in [-0.3, -0.25) is 9.69 Å². The lowest BCUT2D eigenvalue weighted by Gasteiger charge is -2.29. The molecule has 0 aromatic rings. The average Bonchev–Trinajstić information content (AvgIpc) is 2.87. The molecule has 74 valence electrons. The van der Waals surface area contributed by atoms with Crippen LogP contribution in [0.2, 0.25) is 0 Å². The Balaban J connectivity index is 1.86. The van der Waals surface area contributed by atoms with Crippen LogP contribution in [-0.2, 0) is 9.53 Å². The van der Waals surface area contributed by atoms with Gasteiger partial charge < -0.3 is 4.74 Å². The predicted octanol–water partition coefficient (Wildman–Crippen LogP) is 0.688. The summed E-state index contributed by atoms with van der Waals surface area (Å²) in [5.41, 5.74) is 0.0390. The molecule has 1 heterocycles. The highest BCUT2D eigenvalue weighted by Gasteiger charge is 2.48. The Morgan fingerprint density at radius 1 is 1.38 bits per heavy atom. The summed E-state index contributed by atoms with van der Waals surface area (Å²) in [6.45, 7) is 6.34. The molecule has 2 rings (SSSR count). The van der Waals surface area contributed by atoms with Gasteiger partial charge in [-0.25, -0.2) is 0 Å². The molecule has 2 aliphatic rings. The molecule has 0 radical (unpaired) electrons. The molecule has 0 bridgehead atoms. The second-order valence-corrected chi connectivity index (χ2v) is 4.23. The zero-order chi connectivity index (χ0) is 9.31. The summed E-state index contributed by atoms with van der Waals surface area (Å²) in [6, 6.07) is 0. The standard InChI is InChI=1S/C10H17NO2/c1-9(12)10(2-3-10)8-11-4-6-13-7-5-11/h2-8H2,1H3. The number of rotatable bonds is 3. The van der Waals surface area contributed by atoms with Crippen LogP contribution in [0.25, 0.3) is 0 Å². The number of carbonyl (C=O) groups excluding carboxylic acids is 1. The van der Waals surface area contributed by atoms with Crippen LogP contribution in [0.4, 0.5) is 0 Å². The quantitative estimate of drug-likeness (QED) is 0.644. The molecule has 0 N–H and O–H groups in total. The number of hydrogen-bond acceptors (Lipinski definition) is 3. The number of carbonyl (C=O) groups is 1. The first-order valence-electron chi connectivity index (χ1n) is 5.04. The van der Waals surface area contributed by atoms with Crippen LogP contribution in [0.1, 0.15) is 19.8 Å². The maximum Gasteiger partial charge on any atom is 0.137 e. The van der Waals surface area contributed by atoms with Gasteiger partial charge in [-0.15, -0.1) is 0 Å². The summed E-state index contributed by atoms with van der Waals surface area (Å²) in [6.07, 6.45) is 2.19. The fourth-order valence-electron chi connectivity index (χ4n) is 1.96. The minimum absolute atomic E-state index is 0.0390. The van der Waals surface area contributed by atoms with E-state index in [4.69, 9.17) is 4.74 Å². The van der Waals surface area contributed by atoms with E-state index >= 15 is 0 Å². The summed E-state index contributed by atoms with van der Waals surface area (Å²) in [4.78, 5) is 13.7. The van der Waals surface area contributed by atoms with Crippen LogP contribution in [0.5, 0.6) is 0 Å². The molecule has 0 unspecified atom stereocenters. The molecule has 3 nitrogen and oxygen atoms in total. The van der Waals surface area contributed by atoms with E-state index < -0.39 is 0 Å². The maximum absolute atomic E-state index is 11.3. The summed E-state index contributed by atoms with van der Waals surface area (Å²) < 4.78 is 5.27. The van der Waals surface area contributed by atoms with Crippen molar-refractivity contribution in [2.45, 2.75) is 19.8 Å². The molecule has 2 fully saturated rings. The summed E-state index contributed by atoms with van der Waals surface area (Å²) in [5.74, 6) is 0.374. The van der Waals surface area contributed by atoms with Gasteiger partial charge in [0.05, 0.1) is 13.2 Å². The second-order valence-electron chi connectivity index (χ2n) is 4.23. The Morgan fingerprint density at radius 2 is 2.00 bits per heavy atom. The second kappa shape index (κ2) is 3.39. The van der Waals surface area contributed by atoms with Crippen molar-refractivity contribution in [3.05, 3.63) is 0 Å². The first-order chi connectivity index (χ1) is 6.23. The predicted molar refractivity (Wildman–Crippen MR) is 49.6 cm³/mol. The molecule has 1 aliphatic carbocycles. The molecule has 0 aromatic heterocycles. The van der Waals surface area contributed by atoms with E-state index in [1.807, 2.05) is 0 Å². The molecule has 13 heavy (non-hydrogen) atoms. The van der Waals surface area contributed by atoms with E-state index in [9.17, 15) is 4.79 Å². The lowest BCUT2D eigenvalue weighted by atomic mass is 10.0. The van der Waals surface area contributed by atoms with Crippen LogP contribution >= 0.6 is 0 Å². The Bertz CT molecular complexity index is 205. The Labute approximate surface area is 79.0 Å². The fourth-order valence-corrected chi connectivity index (χ4v) is 1.96. The van der Waals surface area contributed by atoms with Crippen molar-refractivity contribution in [1.29, 1.82) is 0 Å². The van der Waals surface area contributed by atoms with Gasteiger partial charge in [0.1, 0.15) is 5.78 Å². The third-order valence-electron chi connectivity index (χ3n) is 3.23. The topological polar surface area (TPSA) is 29.5 Å². The van der Waals surface area contributed by atoms with Crippen LogP contribution in [-0.4, -0.2) is 43.5 Å². The Hall–Kier alpha value is -0.410. The summed E-state index contributed by atoms with van der Waals surface area (Å²) in [7, 11) is 0. The van der Waals surface area contributed by atoms with Crippen LogP contribution < -0.4 is 0 Å². The van der Waals surface area contributed by atoms with Crippen molar-refractivity contribution in [1.82, 2.24) is 4.90 Å². The highest BCUT2D eigenvalue weighted by atomic mass is 16.5. The van der Waals surface area contributed by atoms with E-state index in [1.54, 1.807) is 6.92 Å². The highest BCUT2D eigenvalue weighted by molar-refractivity contribution is 5.85. The number of Topliss-reactive ketones (excluding diaryl/α,β-unsaturated/α-hetero) is 1. The third-order valence-corrected chi connectivity index (χ3v) is 3.23. The van der Waals surface area contributed by atoms with Gasteiger partial charge in [0.2, 0.25) is 0 Å². The fraction of sp³-hybridized carbons (Fsp3) is 0.900. The lowest BCUT2D eigenvalue weighted by molar-refractivity contribution is -0.123. The van der Waals surface area contributed by atoms with E-state index in [0.29, 0.717) is 5.78 Å². The maximum atomic E-state index is 11.3. The van der Waals surface area contributed by atoms with Gasteiger partial charge in [-0.1, -0.05) is 0 Å². The van der Waals surface area contributed by atoms with Crippen LogP contribution in [0, 0.1) is 5.41 Å². The van der Waals surface area contributed by atoms with E-state index in [0.717, 1.165) is 45.7 Å². The molecule has 0 amide bonds.